The van der Waals surface area contributed by atoms with Crippen molar-refractivity contribution in [3.63, 3.8) is 0 Å². The highest BCUT2D eigenvalue weighted by Gasteiger charge is 2.29. The summed E-state index contributed by atoms with van der Waals surface area (Å²) in [5.41, 5.74) is 1.93. The second kappa shape index (κ2) is 9.60. The summed E-state index contributed by atoms with van der Waals surface area (Å²) in [5, 5.41) is 5.80. The van der Waals surface area contributed by atoms with Crippen LogP contribution in [-0.2, 0) is 4.79 Å². The Kier molecular flexibility index (Phi) is 6.93. The van der Waals surface area contributed by atoms with Crippen LogP contribution in [0.15, 0.2) is 41.4 Å². The number of hydrogen-bond donors (Lipinski definition) is 2. The zero-order chi connectivity index (χ0) is 20.8. The van der Waals surface area contributed by atoms with Gasteiger partial charge in [0.05, 0.1) is 11.4 Å². The number of anilines is 2. The highest BCUT2D eigenvalue weighted by Crippen LogP contribution is 2.32. The number of hydrogen-bond acceptors (Lipinski definition) is 4. The van der Waals surface area contributed by atoms with Crippen LogP contribution in [0, 0.1) is 11.6 Å². The summed E-state index contributed by atoms with van der Waals surface area (Å²) in [7, 11) is 0. The summed E-state index contributed by atoms with van der Waals surface area (Å²) >= 11 is 0. The molecule has 1 atom stereocenters. The predicted molar refractivity (Wildman–Crippen MR) is 113 cm³/mol. The first-order valence-corrected chi connectivity index (χ1v) is 9.92. The van der Waals surface area contributed by atoms with Gasteiger partial charge in [-0.2, -0.15) is 0 Å². The monoisotopic (exact) mass is 400 g/mol. The number of halogens is 2. The van der Waals surface area contributed by atoms with Crippen molar-refractivity contribution in [1.82, 2.24) is 4.90 Å². The van der Waals surface area contributed by atoms with Gasteiger partial charge >= 0.3 is 0 Å². The van der Waals surface area contributed by atoms with E-state index in [2.05, 4.69) is 34.4 Å². The predicted octanol–water partition coefficient (Wildman–Crippen LogP) is 4.55. The maximum Gasteiger partial charge on any atom is 0.237 e. The van der Waals surface area contributed by atoms with Gasteiger partial charge in [0.1, 0.15) is 17.6 Å². The highest BCUT2D eigenvalue weighted by molar-refractivity contribution is 6.12. The van der Waals surface area contributed by atoms with Gasteiger partial charge in [0.2, 0.25) is 5.91 Å². The van der Waals surface area contributed by atoms with Crippen LogP contribution in [-0.4, -0.2) is 43.2 Å². The Morgan fingerprint density at radius 1 is 1.17 bits per heavy atom. The summed E-state index contributed by atoms with van der Waals surface area (Å²) in [5.74, 6) is -1.78. The molecule has 0 radical (unpaired) electrons. The molecule has 5 nitrogen and oxygen atoms in total. The lowest BCUT2D eigenvalue weighted by atomic mass is 10.0. The van der Waals surface area contributed by atoms with Crippen molar-refractivity contribution in [3.8, 4) is 0 Å². The molecule has 0 bridgehead atoms. The smallest absolute Gasteiger partial charge is 0.237 e. The van der Waals surface area contributed by atoms with Gasteiger partial charge in [0, 0.05) is 24.5 Å². The number of fused-ring (bicyclic) bond motifs is 1. The van der Waals surface area contributed by atoms with E-state index in [9.17, 15) is 13.6 Å². The second-order valence-corrected chi connectivity index (χ2v) is 6.95. The average Bonchev–Trinajstić information content (AvgIpc) is 3.02. The van der Waals surface area contributed by atoms with Gasteiger partial charge in [-0.05, 0) is 62.0 Å². The van der Waals surface area contributed by atoms with Crippen molar-refractivity contribution < 1.29 is 13.6 Å². The van der Waals surface area contributed by atoms with Crippen LogP contribution in [0.5, 0.6) is 0 Å². The molecular weight excluding hydrogens is 374 g/mol. The molecule has 0 saturated heterocycles. The topological polar surface area (TPSA) is 56.7 Å². The fourth-order valence-electron chi connectivity index (χ4n) is 3.36. The first-order valence-electron chi connectivity index (χ1n) is 9.92. The summed E-state index contributed by atoms with van der Waals surface area (Å²) < 4.78 is 27.9. The number of benzene rings is 2. The van der Waals surface area contributed by atoms with E-state index < -0.39 is 17.6 Å². The molecule has 154 valence electrons. The van der Waals surface area contributed by atoms with Crippen LogP contribution in [0.3, 0.4) is 0 Å². The van der Waals surface area contributed by atoms with Crippen LogP contribution < -0.4 is 10.6 Å². The number of rotatable bonds is 9. The first-order chi connectivity index (χ1) is 14.0. The van der Waals surface area contributed by atoms with E-state index in [1.165, 1.54) is 30.5 Å². The van der Waals surface area contributed by atoms with Gasteiger partial charge in [0.25, 0.3) is 0 Å². The van der Waals surface area contributed by atoms with Crippen molar-refractivity contribution in [2.45, 2.75) is 26.2 Å². The van der Waals surface area contributed by atoms with E-state index in [-0.39, 0.29) is 5.91 Å². The van der Waals surface area contributed by atoms with Gasteiger partial charge in [-0.1, -0.05) is 13.8 Å². The molecule has 3 rings (SSSR count). The van der Waals surface area contributed by atoms with Crippen molar-refractivity contribution in [3.05, 3.63) is 53.6 Å². The van der Waals surface area contributed by atoms with Gasteiger partial charge < -0.3 is 15.5 Å². The minimum atomic E-state index is -0.693. The lowest BCUT2D eigenvalue weighted by Gasteiger charge is -2.18. The van der Waals surface area contributed by atoms with E-state index in [1.54, 1.807) is 12.1 Å². The fourth-order valence-corrected chi connectivity index (χ4v) is 3.36. The Morgan fingerprint density at radius 3 is 2.69 bits per heavy atom. The molecule has 1 heterocycles. The van der Waals surface area contributed by atoms with Crippen LogP contribution in [0.2, 0.25) is 0 Å². The van der Waals surface area contributed by atoms with Crippen molar-refractivity contribution >= 4 is 29.2 Å². The number of carbonyl (C=O) groups excluding carboxylic acids is 1. The van der Waals surface area contributed by atoms with Crippen LogP contribution >= 0.6 is 0 Å². The summed E-state index contributed by atoms with van der Waals surface area (Å²) in [6, 6.07) is 8.78. The highest BCUT2D eigenvalue weighted by atomic mass is 19.1. The third-order valence-corrected chi connectivity index (χ3v) is 5.08. The Hall–Kier alpha value is -2.80. The lowest BCUT2D eigenvalue weighted by molar-refractivity contribution is -0.115. The molecule has 0 aromatic heterocycles. The van der Waals surface area contributed by atoms with E-state index in [1.807, 2.05) is 0 Å². The zero-order valence-corrected chi connectivity index (χ0v) is 16.7. The Morgan fingerprint density at radius 2 is 1.97 bits per heavy atom. The van der Waals surface area contributed by atoms with Crippen LogP contribution in [0.1, 0.15) is 31.7 Å². The Bertz CT molecular complexity index is 896. The SMILES string of the molecule is CCN(CC)CCCNc1ccc(N=CC2C(=O)Nc3ccc(F)cc32)cc1F. The molecule has 0 fully saturated rings. The Balaban J connectivity index is 1.61. The van der Waals surface area contributed by atoms with Gasteiger partial charge in [-0.15, -0.1) is 0 Å². The number of nitrogens with one attached hydrogen (secondary N) is 2. The van der Waals surface area contributed by atoms with Crippen molar-refractivity contribution in [2.24, 2.45) is 4.99 Å². The zero-order valence-electron chi connectivity index (χ0n) is 16.7. The minimum Gasteiger partial charge on any atom is -0.383 e. The Labute approximate surface area is 169 Å². The van der Waals surface area contributed by atoms with Crippen molar-refractivity contribution in [2.75, 3.05) is 36.8 Å². The average molecular weight is 400 g/mol. The molecule has 7 heteroatoms. The number of amides is 1. The lowest BCUT2D eigenvalue weighted by Crippen LogP contribution is -2.25. The van der Waals surface area contributed by atoms with Gasteiger partial charge in [-0.3, -0.25) is 9.79 Å². The maximum atomic E-state index is 14.4. The molecular formula is C22H26F2N4O. The third-order valence-electron chi connectivity index (χ3n) is 5.08. The first kappa shape index (κ1) is 20.9. The summed E-state index contributed by atoms with van der Waals surface area (Å²) in [6.45, 7) is 7.91. The van der Waals surface area contributed by atoms with Crippen molar-refractivity contribution in [1.29, 1.82) is 0 Å². The third kappa shape index (κ3) is 5.17. The molecule has 1 aliphatic rings. The largest absolute Gasteiger partial charge is 0.383 e. The summed E-state index contributed by atoms with van der Waals surface area (Å²) in [4.78, 5) is 18.7. The standard InChI is InChI=1S/C22H26F2N4O/c1-3-28(4-2)11-5-10-25-21-9-7-16(13-19(21)24)26-14-18-17-12-15(23)6-8-20(17)27-22(18)29/h6-9,12-14,18,25H,3-5,10-11H2,1-2H3,(H,27,29). The molecule has 0 saturated carbocycles. The molecule has 0 aliphatic carbocycles. The summed E-state index contributed by atoms with van der Waals surface area (Å²) in [6.07, 6.45) is 2.35. The normalized spacial score (nSPS) is 15.8. The number of aliphatic imine (C=N–C) groups is 1. The van der Waals surface area contributed by atoms with Crippen LogP contribution in [0.4, 0.5) is 25.8 Å². The quantitative estimate of drug-likeness (QED) is 0.480. The molecule has 1 aliphatic heterocycles. The molecule has 1 amide bonds. The van der Waals surface area contributed by atoms with E-state index in [4.69, 9.17) is 0 Å². The second-order valence-electron chi connectivity index (χ2n) is 6.95. The minimum absolute atomic E-state index is 0.277. The fraction of sp³-hybridized carbons (Fsp3) is 0.364. The van der Waals surface area contributed by atoms with Crippen LogP contribution in [0.25, 0.3) is 0 Å². The number of nitrogens with zero attached hydrogens (tertiary/aromatic N) is 2. The molecule has 0 spiro atoms. The van der Waals surface area contributed by atoms with Gasteiger partial charge in [0.15, 0.2) is 0 Å². The van der Waals surface area contributed by atoms with E-state index >= 15 is 0 Å². The van der Waals surface area contributed by atoms with Gasteiger partial charge in [-0.25, -0.2) is 8.78 Å². The molecule has 29 heavy (non-hydrogen) atoms. The molecule has 2 aromatic carbocycles. The number of carbonyl (C=O) groups is 1. The molecule has 1 unspecified atom stereocenters. The van der Waals surface area contributed by atoms with E-state index in [0.717, 1.165) is 26.1 Å². The molecule has 2 N–H and O–H groups in total. The van der Waals surface area contributed by atoms with E-state index in [0.29, 0.717) is 29.2 Å². The maximum absolute atomic E-state index is 14.4. The molecule has 2 aromatic rings.